The first-order valence-electron chi connectivity index (χ1n) is 7.01. The third-order valence-electron chi connectivity index (χ3n) is 3.33. The van der Waals surface area contributed by atoms with Gasteiger partial charge in [0.15, 0.2) is 0 Å². The smallest absolute Gasteiger partial charge is 0.141 e. The molecule has 0 fully saturated rings. The van der Waals surface area contributed by atoms with Crippen LogP contribution in [0.5, 0.6) is 0 Å². The first-order valence-corrected chi connectivity index (χ1v) is 7.01. The normalized spacial score (nSPS) is 12.6. The van der Waals surface area contributed by atoms with Crippen LogP contribution < -0.4 is 5.32 Å². The molecule has 1 unspecified atom stereocenters. The van der Waals surface area contributed by atoms with Crippen LogP contribution in [0.2, 0.25) is 0 Å². The number of nitrogens with zero attached hydrogens (tertiary/aromatic N) is 3. The maximum Gasteiger partial charge on any atom is 0.141 e. The molecule has 0 radical (unpaired) electrons. The average Bonchev–Trinajstić information content (AvgIpc) is 2.86. The van der Waals surface area contributed by atoms with Crippen LogP contribution in [0.4, 0.5) is 4.39 Å². The number of nitrogens with one attached hydrogen (secondary N) is 1. The van der Waals surface area contributed by atoms with E-state index in [0.717, 1.165) is 37.3 Å². The minimum atomic E-state index is -0.299. The molecule has 0 aliphatic carbocycles. The Labute approximate surface area is 119 Å². The third kappa shape index (κ3) is 3.87. The highest BCUT2D eigenvalue weighted by molar-refractivity contribution is 5.10. The molecule has 0 amide bonds. The van der Waals surface area contributed by atoms with Crippen molar-refractivity contribution in [2.75, 3.05) is 6.54 Å². The van der Waals surface area contributed by atoms with E-state index in [1.807, 2.05) is 17.8 Å². The molecule has 5 heteroatoms. The summed E-state index contributed by atoms with van der Waals surface area (Å²) in [6, 6.07) is 3.34. The van der Waals surface area contributed by atoms with E-state index in [-0.39, 0.29) is 11.9 Å². The molecule has 4 nitrogen and oxygen atoms in total. The molecule has 0 aliphatic rings. The molecule has 2 heterocycles. The molecule has 0 saturated carbocycles. The Morgan fingerprint density at radius 2 is 2.20 bits per heavy atom. The summed E-state index contributed by atoms with van der Waals surface area (Å²) in [6.07, 6.45) is 7.84. The summed E-state index contributed by atoms with van der Waals surface area (Å²) in [5.41, 5.74) is 0.883. The highest BCUT2D eigenvalue weighted by atomic mass is 19.1. The second-order valence-electron chi connectivity index (χ2n) is 4.90. The zero-order chi connectivity index (χ0) is 14.4. The van der Waals surface area contributed by atoms with Gasteiger partial charge in [-0.25, -0.2) is 9.37 Å². The zero-order valence-corrected chi connectivity index (χ0v) is 12.0. The van der Waals surface area contributed by atoms with Gasteiger partial charge in [-0.3, -0.25) is 4.98 Å². The van der Waals surface area contributed by atoms with E-state index < -0.39 is 0 Å². The van der Waals surface area contributed by atoms with Crippen molar-refractivity contribution in [3.8, 4) is 0 Å². The number of imidazole rings is 1. The van der Waals surface area contributed by atoms with Gasteiger partial charge in [-0.2, -0.15) is 0 Å². The van der Waals surface area contributed by atoms with Crippen LogP contribution in [0.15, 0.2) is 30.7 Å². The fourth-order valence-electron chi connectivity index (χ4n) is 2.18. The average molecular weight is 276 g/mol. The Morgan fingerprint density at radius 3 is 2.80 bits per heavy atom. The van der Waals surface area contributed by atoms with Gasteiger partial charge in [0.2, 0.25) is 0 Å². The Bertz CT molecular complexity index is 521. The van der Waals surface area contributed by atoms with Gasteiger partial charge in [0.25, 0.3) is 0 Å². The SMILES string of the molecule is CCCNC(CCc1nccn1C)c1ccc(F)cn1. The van der Waals surface area contributed by atoms with Crippen molar-refractivity contribution < 1.29 is 4.39 Å². The largest absolute Gasteiger partial charge is 0.338 e. The zero-order valence-electron chi connectivity index (χ0n) is 12.0. The van der Waals surface area contributed by atoms with E-state index in [1.54, 1.807) is 12.3 Å². The molecule has 0 saturated heterocycles. The van der Waals surface area contributed by atoms with Crippen LogP contribution in [0.25, 0.3) is 0 Å². The minimum absolute atomic E-state index is 0.132. The quantitative estimate of drug-likeness (QED) is 0.845. The van der Waals surface area contributed by atoms with Gasteiger partial charge in [0.05, 0.1) is 11.9 Å². The van der Waals surface area contributed by atoms with E-state index in [2.05, 4.69) is 22.2 Å². The molecule has 0 spiro atoms. The summed E-state index contributed by atoms with van der Waals surface area (Å²) < 4.78 is 15.0. The third-order valence-corrected chi connectivity index (χ3v) is 3.33. The summed E-state index contributed by atoms with van der Waals surface area (Å²) in [7, 11) is 1.99. The van der Waals surface area contributed by atoms with Gasteiger partial charge < -0.3 is 9.88 Å². The van der Waals surface area contributed by atoms with Crippen molar-refractivity contribution in [1.82, 2.24) is 19.9 Å². The predicted molar refractivity (Wildman–Crippen MR) is 76.8 cm³/mol. The topological polar surface area (TPSA) is 42.7 Å². The van der Waals surface area contributed by atoms with E-state index in [1.165, 1.54) is 12.3 Å². The lowest BCUT2D eigenvalue weighted by Crippen LogP contribution is -2.24. The lowest BCUT2D eigenvalue weighted by Gasteiger charge is -2.18. The van der Waals surface area contributed by atoms with Crippen molar-refractivity contribution >= 4 is 0 Å². The van der Waals surface area contributed by atoms with E-state index >= 15 is 0 Å². The summed E-state index contributed by atoms with van der Waals surface area (Å²) in [5.74, 6) is 0.752. The van der Waals surface area contributed by atoms with Gasteiger partial charge in [-0.15, -0.1) is 0 Å². The molecular weight excluding hydrogens is 255 g/mol. The first-order chi connectivity index (χ1) is 9.70. The van der Waals surface area contributed by atoms with E-state index in [4.69, 9.17) is 0 Å². The Morgan fingerprint density at radius 1 is 1.35 bits per heavy atom. The summed E-state index contributed by atoms with van der Waals surface area (Å²) in [6.45, 7) is 3.05. The Hall–Kier alpha value is -1.75. The van der Waals surface area contributed by atoms with Crippen molar-refractivity contribution in [2.45, 2.75) is 32.2 Å². The molecule has 0 bridgehead atoms. The number of aryl methyl sites for hydroxylation is 2. The lowest BCUT2D eigenvalue weighted by molar-refractivity contribution is 0.479. The van der Waals surface area contributed by atoms with Gasteiger partial charge in [-0.05, 0) is 31.5 Å². The van der Waals surface area contributed by atoms with Crippen molar-refractivity contribution in [1.29, 1.82) is 0 Å². The summed E-state index contributed by atoms with van der Waals surface area (Å²) >= 11 is 0. The molecule has 2 aromatic rings. The minimum Gasteiger partial charge on any atom is -0.338 e. The Kier molecular flexibility index (Phi) is 5.24. The number of hydrogen-bond acceptors (Lipinski definition) is 3. The molecule has 108 valence electrons. The van der Waals surface area contributed by atoms with Crippen LogP contribution in [0.3, 0.4) is 0 Å². The summed E-state index contributed by atoms with van der Waals surface area (Å²) in [5, 5.41) is 3.47. The first kappa shape index (κ1) is 14.7. The maximum atomic E-state index is 13.0. The monoisotopic (exact) mass is 276 g/mol. The van der Waals surface area contributed by atoms with Crippen molar-refractivity contribution in [3.63, 3.8) is 0 Å². The maximum absolute atomic E-state index is 13.0. The van der Waals surface area contributed by atoms with E-state index in [0.29, 0.717) is 0 Å². The molecule has 0 aromatic carbocycles. The lowest BCUT2D eigenvalue weighted by atomic mass is 10.1. The Balaban J connectivity index is 2.03. The number of aromatic nitrogens is 3. The number of pyridine rings is 1. The molecule has 1 atom stereocenters. The van der Waals surface area contributed by atoms with Crippen LogP contribution in [0, 0.1) is 5.82 Å². The van der Waals surface area contributed by atoms with Crippen molar-refractivity contribution in [3.05, 3.63) is 48.1 Å². The standard InChI is InChI=1S/C15H21FN4/c1-3-8-17-13(14-5-4-12(16)11-19-14)6-7-15-18-9-10-20(15)2/h4-5,9-11,13,17H,3,6-8H2,1-2H3. The van der Waals surface area contributed by atoms with Crippen molar-refractivity contribution in [2.24, 2.45) is 7.05 Å². The van der Waals surface area contributed by atoms with Gasteiger partial charge in [-0.1, -0.05) is 6.92 Å². The van der Waals surface area contributed by atoms with Gasteiger partial charge in [0, 0.05) is 31.9 Å². The number of rotatable bonds is 7. The van der Waals surface area contributed by atoms with Crippen LogP contribution in [-0.2, 0) is 13.5 Å². The molecule has 1 N–H and O–H groups in total. The van der Waals surface area contributed by atoms with Crippen LogP contribution >= 0.6 is 0 Å². The van der Waals surface area contributed by atoms with Crippen LogP contribution in [-0.4, -0.2) is 21.1 Å². The van der Waals surface area contributed by atoms with E-state index in [9.17, 15) is 4.39 Å². The fourth-order valence-corrected chi connectivity index (χ4v) is 2.18. The molecule has 0 aliphatic heterocycles. The van der Waals surface area contributed by atoms with Crippen LogP contribution in [0.1, 0.15) is 37.3 Å². The molecule has 2 rings (SSSR count). The number of halogens is 1. The second-order valence-corrected chi connectivity index (χ2v) is 4.90. The molecule has 20 heavy (non-hydrogen) atoms. The highest BCUT2D eigenvalue weighted by Gasteiger charge is 2.13. The molecule has 2 aromatic heterocycles. The number of hydrogen-bond donors (Lipinski definition) is 1. The highest BCUT2D eigenvalue weighted by Crippen LogP contribution is 2.17. The van der Waals surface area contributed by atoms with Gasteiger partial charge in [0.1, 0.15) is 11.6 Å². The van der Waals surface area contributed by atoms with Gasteiger partial charge >= 0.3 is 0 Å². The summed E-state index contributed by atoms with van der Waals surface area (Å²) in [4.78, 5) is 8.52. The molecular formula is C15H21FN4. The predicted octanol–water partition coefficient (Wildman–Crippen LogP) is 2.63. The fraction of sp³-hybridized carbons (Fsp3) is 0.467. The second kappa shape index (κ2) is 7.14.